The molecular weight excluding hydrogens is 384 g/mol. The van der Waals surface area contributed by atoms with Gasteiger partial charge in [-0.1, -0.05) is 31.4 Å². The van der Waals surface area contributed by atoms with E-state index in [1.807, 2.05) is 37.3 Å². The van der Waals surface area contributed by atoms with Gasteiger partial charge in [-0.2, -0.15) is 0 Å². The van der Waals surface area contributed by atoms with Gasteiger partial charge in [0.05, 0.1) is 0 Å². The van der Waals surface area contributed by atoms with Crippen molar-refractivity contribution in [3.05, 3.63) is 97.9 Å². The Labute approximate surface area is 175 Å². The SMILES string of the molecule is C=CC(=O)OC=COc1ccc(-c2ccc(OC=COC(=O)C(=C)C)c(C)c2)cc1. The number of carbonyl (C=O) groups excluding carboxylic acids is 2. The smallest absolute Gasteiger partial charge is 0.338 e. The van der Waals surface area contributed by atoms with E-state index >= 15 is 0 Å². The number of hydrogen-bond donors (Lipinski definition) is 0. The second-order valence-corrected chi connectivity index (χ2v) is 6.11. The third-order valence-corrected chi connectivity index (χ3v) is 3.75. The van der Waals surface area contributed by atoms with Gasteiger partial charge in [-0.25, -0.2) is 9.59 Å². The predicted octanol–water partition coefficient (Wildman–Crippen LogP) is 5.21. The molecule has 0 atom stereocenters. The van der Waals surface area contributed by atoms with Crippen LogP contribution >= 0.6 is 0 Å². The molecule has 0 heterocycles. The maximum Gasteiger partial charge on any atom is 0.338 e. The molecule has 0 aliphatic rings. The molecule has 0 saturated carbocycles. The molecule has 0 bridgehead atoms. The predicted molar refractivity (Wildman–Crippen MR) is 113 cm³/mol. The van der Waals surface area contributed by atoms with Crippen molar-refractivity contribution in [3.8, 4) is 22.6 Å². The Balaban J connectivity index is 1.96. The quantitative estimate of drug-likeness (QED) is 0.323. The highest BCUT2D eigenvalue weighted by molar-refractivity contribution is 5.87. The van der Waals surface area contributed by atoms with Gasteiger partial charge in [-0.05, 0) is 54.8 Å². The van der Waals surface area contributed by atoms with Crippen LogP contribution in [-0.2, 0) is 19.1 Å². The normalized spacial score (nSPS) is 10.6. The number of hydrogen-bond acceptors (Lipinski definition) is 6. The zero-order valence-corrected chi connectivity index (χ0v) is 16.8. The van der Waals surface area contributed by atoms with E-state index in [1.165, 1.54) is 18.8 Å². The lowest BCUT2D eigenvalue weighted by molar-refractivity contribution is -0.134. The van der Waals surface area contributed by atoms with Gasteiger partial charge in [0.25, 0.3) is 0 Å². The molecule has 0 fully saturated rings. The van der Waals surface area contributed by atoms with Gasteiger partial charge in [-0.3, -0.25) is 0 Å². The number of ether oxygens (including phenoxy) is 4. The van der Waals surface area contributed by atoms with E-state index in [-0.39, 0.29) is 0 Å². The number of aryl methyl sites for hydroxylation is 1. The van der Waals surface area contributed by atoms with Gasteiger partial charge >= 0.3 is 11.9 Å². The van der Waals surface area contributed by atoms with Crippen LogP contribution in [0.3, 0.4) is 0 Å². The van der Waals surface area contributed by atoms with Crippen molar-refractivity contribution in [2.75, 3.05) is 0 Å². The van der Waals surface area contributed by atoms with Gasteiger partial charge in [0.2, 0.25) is 0 Å². The van der Waals surface area contributed by atoms with Gasteiger partial charge in [0.1, 0.15) is 36.5 Å². The second kappa shape index (κ2) is 11.1. The summed E-state index contributed by atoms with van der Waals surface area (Å²) in [4.78, 5) is 22.2. The van der Waals surface area contributed by atoms with Crippen LogP contribution < -0.4 is 9.47 Å². The standard InChI is InChI=1S/C24H22O6/c1-5-23(25)29-14-12-27-21-9-6-19(7-10-21)20-8-11-22(18(4)16-20)28-13-15-30-24(26)17(2)3/h5-16H,1-2H2,3-4H3. The summed E-state index contributed by atoms with van der Waals surface area (Å²) in [6, 6.07) is 13.1. The van der Waals surface area contributed by atoms with E-state index in [9.17, 15) is 9.59 Å². The Kier molecular flexibility index (Phi) is 8.20. The highest BCUT2D eigenvalue weighted by Crippen LogP contribution is 2.27. The van der Waals surface area contributed by atoms with Crippen LogP contribution in [0.4, 0.5) is 0 Å². The summed E-state index contributed by atoms with van der Waals surface area (Å²) >= 11 is 0. The van der Waals surface area contributed by atoms with Crippen molar-refractivity contribution in [2.45, 2.75) is 13.8 Å². The lowest BCUT2D eigenvalue weighted by Gasteiger charge is -2.09. The number of carbonyl (C=O) groups is 2. The first-order chi connectivity index (χ1) is 14.4. The fourth-order valence-electron chi connectivity index (χ4n) is 2.23. The molecule has 0 spiro atoms. The minimum absolute atomic E-state index is 0.309. The molecule has 2 aromatic carbocycles. The minimum Gasteiger partial charge on any atom is -0.462 e. The maximum absolute atomic E-state index is 11.3. The van der Waals surface area contributed by atoms with Crippen molar-refractivity contribution in [2.24, 2.45) is 0 Å². The Morgan fingerprint density at radius 1 is 0.867 bits per heavy atom. The molecule has 0 aromatic heterocycles. The van der Waals surface area contributed by atoms with Crippen LogP contribution in [0, 0.1) is 6.92 Å². The molecule has 2 rings (SSSR count). The van der Waals surface area contributed by atoms with E-state index in [4.69, 9.17) is 14.2 Å². The first-order valence-corrected chi connectivity index (χ1v) is 8.94. The summed E-state index contributed by atoms with van der Waals surface area (Å²) in [5, 5.41) is 0. The third kappa shape index (κ3) is 6.83. The Hall–Kier alpha value is -4.06. The van der Waals surface area contributed by atoms with E-state index in [0.29, 0.717) is 17.1 Å². The fourth-order valence-corrected chi connectivity index (χ4v) is 2.23. The summed E-state index contributed by atoms with van der Waals surface area (Å²) in [5.74, 6) is 0.162. The first-order valence-electron chi connectivity index (χ1n) is 8.94. The zero-order valence-electron chi connectivity index (χ0n) is 16.8. The molecule has 30 heavy (non-hydrogen) atoms. The lowest BCUT2D eigenvalue weighted by Crippen LogP contribution is -1.99. The summed E-state index contributed by atoms with van der Waals surface area (Å²) < 4.78 is 20.4. The molecule has 0 N–H and O–H groups in total. The molecular formula is C24H22O6. The largest absolute Gasteiger partial charge is 0.462 e. The number of rotatable bonds is 9. The molecule has 0 aliphatic heterocycles. The van der Waals surface area contributed by atoms with Gasteiger partial charge in [0, 0.05) is 11.6 Å². The molecule has 0 radical (unpaired) electrons. The summed E-state index contributed by atoms with van der Waals surface area (Å²) in [5.41, 5.74) is 3.21. The summed E-state index contributed by atoms with van der Waals surface area (Å²) in [6.07, 6.45) is 5.96. The van der Waals surface area contributed by atoms with E-state index in [1.54, 1.807) is 19.1 Å². The Bertz CT molecular complexity index is 983. The maximum atomic E-state index is 11.3. The van der Waals surface area contributed by atoms with E-state index in [2.05, 4.69) is 17.9 Å². The van der Waals surface area contributed by atoms with Crippen molar-refractivity contribution in [1.82, 2.24) is 0 Å². The monoisotopic (exact) mass is 406 g/mol. The Morgan fingerprint density at radius 3 is 2.13 bits per heavy atom. The highest BCUT2D eigenvalue weighted by atomic mass is 16.5. The van der Waals surface area contributed by atoms with E-state index < -0.39 is 11.9 Å². The zero-order chi connectivity index (χ0) is 21.9. The van der Waals surface area contributed by atoms with Gasteiger partial charge < -0.3 is 18.9 Å². The van der Waals surface area contributed by atoms with Crippen LogP contribution in [0.25, 0.3) is 11.1 Å². The van der Waals surface area contributed by atoms with Gasteiger partial charge in [-0.15, -0.1) is 0 Å². The molecule has 0 saturated heterocycles. The third-order valence-electron chi connectivity index (χ3n) is 3.75. The number of esters is 2. The average Bonchev–Trinajstić information content (AvgIpc) is 2.75. The fraction of sp³-hybridized carbons (Fsp3) is 0.0833. The molecule has 6 heteroatoms. The average molecular weight is 406 g/mol. The summed E-state index contributed by atoms with van der Waals surface area (Å²) in [7, 11) is 0. The Morgan fingerprint density at radius 2 is 1.50 bits per heavy atom. The van der Waals surface area contributed by atoms with Crippen molar-refractivity contribution >= 4 is 11.9 Å². The molecule has 154 valence electrons. The summed E-state index contributed by atoms with van der Waals surface area (Å²) in [6.45, 7) is 10.3. The molecule has 2 aromatic rings. The molecule has 6 nitrogen and oxygen atoms in total. The minimum atomic E-state index is -0.559. The van der Waals surface area contributed by atoms with Crippen molar-refractivity contribution in [3.63, 3.8) is 0 Å². The highest BCUT2D eigenvalue weighted by Gasteiger charge is 2.04. The van der Waals surface area contributed by atoms with Crippen LogP contribution in [-0.4, -0.2) is 11.9 Å². The van der Waals surface area contributed by atoms with Crippen molar-refractivity contribution in [1.29, 1.82) is 0 Å². The van der Waals surface area contributed by atoms with E-state index in [0.717, 1.165) is 29.0 Å². The molecule has 0 amide bonds. The van der Waals surface area contributed by atoms with Crippen LogP contribution in [0.1, 0.15) is 12.5 Å². The lowest BCUT2D eigenvalue weighted by atomic mass is 10.0. The first kappa shape index (κ1) is 22.2. The van der Waals surface area contributed by atoms with Gasteiger partial charge in [0.15, 0.2) is 0 Å². The molecule has 0 aliphatic carbocycles. The number of benzene rings is 2. The molecule has 0 unspecified atom stereocenters. The van der Waals surface area contributed by atoms with Crippen LogP contribution in [0.2, 0.25) is 0 Å². The van der Waals surface area contributed by atoms with Crippen LogP contribution in [0.15, 0.2) is 92.3 Å². The topological polar surface area (TPSA) is 71.1 Å². The van der Waals surface area contributed by atoms with Crippen LogP contribution in [0.5, 0.6) is 11.5 Å². The second-order valence-electron chi connectivity index (χ2n) is 6.11. The van der Waals surface area contributed by atoms with Crippen molar-refractivity contribution < 1.29 is 28.5 Å².